The predicted octanol–water partition coefficient (Wildman–Crippen LogP) is 7.48. The Morgan fingerprint density at radius 2 is 1.70 bits per heavy atom. The van der Waals surface area contributed by atoms with E-state index in [9.17, 15) is 4.79 Å². The Kier molecular flexibility index (Phi) is 7.38. The zero-order valence-corrected chi connectivity index (χ0v) is 23.4. The molecule has 0 spiro atoms. The number of aromatic nitrogens is 2. The molecule has 192 valence electrons. The van der Waals surface area contributed by atoms with Gasteiger partial charge in [0, 0.05) is 35.6 Å². The summed E-state index contributed by atoms with van der Waals surface area (Å²) >= 11 is 3.48. The number of halogens is 1. The standard InChI is InChI=1S/C31H34BrN3O2/c1-31(2,3)23-10-16-26(17-11-23)37-19-7-6-18-34-28-9-5-4-8-27(28)33-30(34)22-20-29(36)35(21-22)25-14-12-24(32)13-15-25/h4-5,8-17,22H,6-7,18-21H2,1-3H3. The first-order chi connectivity index (χ1) is 17.8. The number of carbonyl (C=O) groups excluding carboxylic acids is 1. The molecule has 1 aromatic heterocycles. The Bertz CT molecular complexity index is 1370. The highest BCUT2D eigenvalue weighted by Gasteiger charge is 2.34. The second kappa shape index (κ2) is 10.7. The number of imidazole rings is 1. The number of nitrogens with zero attached hydrogens (tertiary/aromatic N) is 3. The van der Waals surface area contributed by atoms with E-state index in [0.717, 1.165) is 52.2 Å². The van der Waals surface area contributed by atoms with Crippen LogP contribution < -0.4 is 9.64 Å². The molecule has 4 aromatic rings. The van der Waals surface area contributed by atoms with Crippen molar-refractivity contribution >= 4 is 38.6 Å². The zero-order chi connectivity index (χ0) is 26.0. The highest BCUT2D eigenvalue weighted by atomic mass is 79.9. The van der Waals surface area contributed by atoms with Gasteiger partial charge in [0.15, 0.2) is 0 Å². The molecule has 1 amide bonds. The van der Waals surface area contributed by atoms with E-state index in [0.29, 0.717) is 19.6 Å². The molecule has 0 radical (unpaired) electrons. The van der Waals surface area contributed by atoms with E-state index < -0.39 is 0 Å². The van der Waals surface area contributed by atoms with Crippen molar-refractivity contribution in [2.75, 3.05) is 18.1 Å². The van der Waals surface area contributed by atoms with Crippen molar-refractivity contribution in [1.82, 2.24) is 9.55 Å². The number of benzene rings is 3. The van der Waals surface area contributed by atoms with Crippen LogP contribution in [0, 0.1) is 0 Å². The van der Waals surface area contributed by atoms with Crippen LogP contribution in [0.1, 0.15) is 57.3 Å². The molecule has 0 N–H and O–H groups in total. The molecule has 1 atom stereocenters. The first kappa shape index (κ1) is 25.5. The molecule has 0 saturated carbocycles. The first-order valence-electron chi connectivity index (χ1n) is 13.0. The fourth-order valence-corrected chi connectivity index (χ4v) is 5.27. The number of rotatable bonds is 8. The van der Waals surface area contributed by atoms with Crippen molar-refractivity contribution in [2.45, 2.75) is 57.9 Å². The summed E-state index contributed by atoms with van der Waals surface area (Å²) in [6.07, 6.45) is 2.40. The van der Waals surface area contributed by atoms with Crippen molar-refractivity contribution in [2.24, 2.45) is 0 Å². The minimum atomic E-state index is 0.0705. The molecular formula is C31H34BrN3O2. The SMILES string of the molecule is CC(C)(C)c1ccc(OCCCCn2c(C3CC(=O)N(c4ccc(Br)cc4)C3)nc3ccccc32)cc1. The van der Waals surface area contributed by atoms with Crippen LogP contribution in [-0.2, 0) is 16.8 Å². The number of para-hydroxylation sites is 2. The minimum Gasteiger partial charge on any atom is -0.494 e. The number of carbonyl (C=O) groups is 1. The third-order valence-electron chi connectivity index (χ3n) is 7.08. The molecule has 1 unspecified atom stereocenters. The van der Waals surface area contributed by atoms with Crippen LogP contribution in [0.3, 0.4) is 0 Å². The molecular weight excluding hydrogens is 526 g/mol. The molecule has 5 rings (SSSR count). The van der Waals surface area contributed by atoms with Crippen LogP contribution in [0.2, 0.25) is 0 Å². The van der Waals surface area contributed by atoms with Gasteiger partial charge in [-0.2, -0.15) is 0 Å². The smallest absolute Gasteiger partial charge is 0.227 e. The van der Waals surface area contributed by atoms with Gasteiger partial charge < -0.3 is 14.2 Å². The summed E-state index contributed by atoms with van der Waals surface area (Å²) in [5, 5.41) is 0. The lowest BCUT2D eigenvalue weighted by molar-refractivity contribution is -0.117. The topological polar surface area (TPSA) is 47.4 Å². The largest absolute Gasteiger partial charge is 0.494 e. The maximum absolute atomic E-state index is 12.9. The van der Waals surface area contributed by atoms with E-state index in [1.165, 1.54) is 5.56 Å². The Balaban J connectivity index is 1.24. The number of anilines is 1. The quantitative estimate of drug-likeness (QED) is 0.210. The molecule has 37 heavy (non-hydrogen) atoms. The summed E-state index contributed by atoms with van der Waals surface area (Å²) in [6.45, 7) is 8.84. The van der Waals surface area contributed by atoms with Crippen LogP contribution in [0.25, 0.3) is 11.0 Å². The highest BCUT2D eigenvalue weighted by Crippen LogP contribution is 2.34. The molecule has 3 aromatic carbocycles. The van der Waals surface area contributed by atoms with Gasteiger partial charge in [0.1, 0.15) is 11.6 Å². The van der Waals surface area contributed by atoms with E-state index >= 15 is 0 Å². The number of ether oxygens (including phenoxy) is 1. The number of fused-ring (bicyclic) bond motifs is 1. The molecule has 0 bridgehead atoms. The molecule has 5 nitrogen and oxygen atoms in total. The van der Waals surface area contributed by atoms with Crippen LogP contribution in [-0.4, -0.2) is 28.6 Å². The van der Waals surface area contributed by atoms with Crippen molar-refractivity contribution in [3.8, 4) is 5.75 Å². The van der Waals surface area contributed by atoms with Gasteiger partial charge in [-0.3, -0.25) is 4.79 Å². The molecule has 6 heteroatoms. The number of aryl methyl sites for hydroxylation is 1. The van der Waals surface area contributed by atoms with Crippen molar-refractivity contribution in [3.63, 3.8) is 0 Å². The highest BCUT2D eigenvalue weighted by molar-refractivity contribution is 9.10. The molecule has 1 saturated heterocycles. The summed E-state index contributed by atoms with van der Waals surface area (Å²) in [5.41, 5.74) is 4.51. The fourth-order valence-electron chi connectivity index (χ4n) is 5.01. The Morgan fingerprint density at radius 3 is 2.43 bits per heavy atom. The lowest BCUT2D eigenvalue weighted by atomic mass is 9.87. The van der Waals surface area contributed by atoms with Gasteiger partial charge in [0.25, 0.3) is 0 Å². The second-order valence-corrected chi connectivity index (χ2v) is 11.7. The summed E-state index contributed by atoms with van der Waals surface area (Å²) in [6, 6.07) is 24.6. The van der Waals surface area contributed by atoms with Crippen molar-refractivity contribution < 1.29 is 9.53 Å². The third kappa shape index (κ3) is 5.74. The van der Waals surface area contributed by atoms with Crippen molar-refractivity contribution in [1.29, 1.82) is 0 Å². The summed E-state index contributed by atoms with van der Waals surface area (Å²) < 4.78 is 9.34. The average Bonchev–Trinajstić information content (AvgIpc) is 3.44. The second-order valence-electron chi connectivity index (χ2n) is 10.8. The van der Waals surface area contributed by atoms with Crippen LogP contribution in [0.15, 0.2) is 77.3 Å². The average molecular weight is 561 g/mol. The maximum Gasteiger partial charge on any atom is 0.227 e. The summed E-state index contributed by atoms with van der Waals surface area (Å²) in [7, 11) is 0. The molecule has 1 fully saturated rings. The molecule has 0 aliphatic carbocycles. The van der Waals surface area contributed by atoms with E-state index in [1.54, 1.807) is 0 Å². The van der Waals surface area contributed by atoms with Crippen LogP contribution >= 0.6 is 15.9 Å². The Hall–Kier alpha value is -3.12. The van der Waals surface area contributed by atoms with Crippen LogP contribution in [0.5, 0.6) is 5.75 Å². The maximum atomic E-state index is 12.9. The first-order valence-corrected chi connectivity index (χ1v) is 13.8. The number of amides is 1. The third-order valence-corrected chi connectivity index (χ3v) is 7.61. The zero-order valence-electron chi connectivity index (χ0n) is 21.8. The van der Waals surface area contributed by atoms with E-state index in [2.05, 4.69) is 83.7 Å². The van der Waals surface area contributed by atoms with Gasteiger partial charge in [-0.1, -0.05) is 61.0 Å². The molecule has 1 aliphatic heterocycles. The van der Waals surface area contributed by atoms with Crippen molar-refractivity contribution in [3.05, 3.63) is 88.7 Å². The fraction of sp³-hybridized carbons (Fsp3) is 0.355. The lowest BCUT2D eigenvalue weighted by Crippen LogP contribution is -2.24. The van der Waals surface area contributed by atoms with Gasteiger partial charge in [0.05, 0.1) is 17.6 Å². The van der Waals surface area contributed by atoms with E-state index in [4.69, 9.17) is 9.72 Å². The minimum absolute atomic E-state index is 0.0705. The number of unbranched alkanes of at least 4 members (excludes halogenated alkanes) is 1. The molecule has 1 aliphatic rings. The van der Waals surface area contributed by atoms with Gasteiger partial charge in [0.2, 0.25) is 5.91 Å². The normalized spacial score (nSPS) is 16.1. The van der Waals surface area contributed by atoms with Gasteiger partial charge >= 0.3 is 0 Å². The molecule has 2 heterocycles. The number of hydrogen-bond donors (Lipinski definition) is 0. The Morgan fingerprint density at radius 1 is 0.973 bits per heavy atom. The van der Waals surface area contributed by atoms with E-state index in [-0.39, 0.29) is 17.2 Å². The Labute approximate surface area is 227 Å². The van der Waals surface area contributed by atoms with Gasteiger partial charge in [-0.05, 0) is 72.4 Å². The van der Waals surface area contributed by atoms with E-state index in [1.807, 2.05) is 35.2 Å². The summed E-state index contributed by atoms with van der Waals surface area (Å²) in [5.74, 6) is 2.14. The monoisotopic (exact) mass is 559 g/mol. The van der Waals surface area contributed by atoms with Gasteiger partial charge in [-0.25, -0.2) is 4.98 Å². The predicted molar refractivity (Wildman–Crippen MR) is 153 cm³/mol. The lowest BCUT2D eigenvalue weighted by Gasteiger charge is -2.19. The number of hydrogen-bond acceptors (Lipinski definition) is 3. The van der Waals surface area contributed by atoms with Crippen LogP contribution in [0.4, 0.5) is 5.69 Å². The summed E-state index contributed by atoms with van der Waals surface area (Å²) in [4.78, 5) is 19.8. The van der Waals surface area contributed by atoms with Gasteiger partial charge in [-0.15, -0.1) is 0 Å².